The molecule has 33 heavy (non-hydrogen) atoms. The molecule has 2 saturated heterocycles. The van der Waals surface area contributed by atoms with Crippen LogP contribution in [0.5, 0.6) is 5.75 Å². The summed E-state index contributed by atoms with van der Waals surface area (Å²) in [7, 11) is 1.53. The molecule has 4 amide bonds. The zero-order valence-corrected chi connectivity index (χ0v) is 17.6. The van der Waals surface area contributed by atoms with Gasteiger partial charge in [0.15, 0.2) is 0 Å². The number of hydrogen-bond donors (Lipinski definition) is 3. The summed E-state index contributed by atoms with van der Waals surface area (Å²) < 4.78 is 19.3. The molecule has 2 aromatic rings. The third kappa shape index (κ3) is 3.01. The molecular weight excluding hydrogens is 431 g/mol. The first-order valence-corrected chi connectivity index (χ1v) is 10.4. The SMILES string of the molecule is COc1ccc(CN2C(=O)[C@@H]3[C@H](CC(N)=O)N[C@]4(C(=O)Nc5ccc(F)cc54)[C@@H]3C2=O)cc1. The van der Waals surface area contributed by atoms with Crippen LogP contribution in [0.4, 0.5) is 10.1 Å². The van der Waals surface area contributed by atoms with Gasteiger partial charge in [-0.2, -0.15) is 0 Å². The van der Waals surface area contributed by atoms with Gasteiger partial charge in [-0.1, -0.05) is 12.1 Å². The van der Waals surface area contributed by atoms with Crippen LogP contribution in [0.15, 0.2) is 42.5 Å². The Morgan fingerprint density at radius 1 is 1.15 bits per heavy atom. The number of anilines is 1. The smallest absolute Gasteiger partial charge is 0.250 e. The number of methoxy groups -OCH3 is 1. The minimum atomic E-state index is -1.68. The Bertz CT molecular complexity index is 1200. The second-order valence-electron chi connectivity index (χ2n) is 8.49. The van der Waals surface area contributed by atoms with E-state index in [2.05, 4.69) is 10.6 Å². The Morgan fingerprint density at radius 3 is 2.55 bits per heavy atom. The fourth-order valence-corrected chi connectivity index (χ4v) is 5.29. The summed E-state index contributed by atoms with van der Waals surface area (Å²) in [5.41, 5.74) is 5.00. The first-order chi connectivity index (χ1) is 15.8. The largest absolute Gasteiger partial charge is 0.497 e. The lowest BCUT2D eigenvalue weighted by Gasteiger charge is -2.29. The molecule has 4 atom stereocenters. The lowest BCUT2D eigenvalue weighted by atomic mass is 9.76. The molecule has 5 rings (SSSR count). The third-order valence-corrected chi connectivity index (χ3v) is 6.69. The molecule has 10 heteroatoms. The zero-order valence-electron chi connectivity index (χ0n) is 17.6. The van der Waals surface area contributed by atoms with Crippen molar-refractivity contribution < 1.29 is 28.3 Å². The molecule has 0 aromatic heterocycles. The molecule has 1 spiro atoms. The first kappa shape index (κ1) is 21.1. The van der Waals surface area contributed by atoms with E-state index in [-0.39, 0.29) is 18.5 Å². The van der Waals surface area contributed by atoms with Crippen molar-refractivity contribution in [3.8, 4) is 5.75 Å². The number of carbonyl (C=O) groups excluding carboxylic acids is 4. The minimum Gasteiger partial charge on any atom is -0.497 e. The molecule has 170 valence electrons. The number of likely N-dealkylation sites (tertiary alicyclic amines) is 1. The van der Waals surface area contributed by atoms with Gasteiger partial charge in [0.25, 0.3) is 0 Å². The number of halogens is 1. The Labute approximate surface area is 188 Å². The molecule has 0 radical (unpaired) electrons. The van der Waals surface area contributed by atoms with E-state index in [4.69, 9.17) is 10.5 Å². The number of hydrogen-bond acceptors (Lipinski definition) is 6. The van der Waals surface area contributed by atoms with Gasteiger partial charge in [-0.05, 0) is 35.9 Å². The summed E-state index contributed by atoms with van der Waals surface area (Å²) in [5, 5.41) is 5.71. The topological polar surface area (TPSA) is 131 Å². The van der Waals surface area contributed by atoms with Gasteiger partial charge in [-0.3, -0.25) is 29.4 Å². The van der Waals surface area contributed by atoms with Crippen molar-refractivity contribution in [1.82, 2.24) is 10.2 Å². The van der Waals surface area contributed by atoms with Gasteiger partial charge in [0.2, 0.25) is 23.6 Å². The molecule has 0 aliphatic carbocycles. The van der Waals surface area contributed by atoms with Crippen molar-refractivity contribution in [2.24, 2.45) is 17.6 Å². The molecule has 2 aromatic carbocycles. The maximum absolute atomic E-state index is 14.2. The van der Waals surface area contributed by atoms with Gasteiger partial charge in [0.1, 0.15) is 17.1 Å². The van der Waals surface area contributed by atoms with E-state index in [0.717, 1.165) is 4.90 Å². The fourth-order valence-electron chi connectivity index (χ4n) is 5.29. The van der Waals surface area contributed by atoms with Crippen LogP contribution in [-0.2, 0) is 31.3 Å². The van der Waals surface area contributed by atoms with Crippen LogP contribution < -0.4 is 21.1 Å². The number of ether oxygens (including phenoxy) is 1. The number of primary amides is 1. The highest BCUT2D eigenvalue weighted by atomic mass is 19.1. The van der Waals surface area contributed by atoms with Gasteiger partial charge >= 0.3 is 0 Å². The minimum absolute atomic E-state index is 0.00827. The average molecular weight is 452 g/mol. The van der Waals surface area contributed by atoms with E-state index < -0.39 is 52.9 Å². The summed E-state index contributed by atoms with van der Waals surface area (Å²) in [4.78, 5) is 53.1. The lowest BCUT2D eigenvalue weighted by molar-refractivity contribution is -0.143. The highest BCUT2D eigenvalue weighted by Crippen LogP contribution is 2.53. The van der Waals surface area contributed by atoms with Gasteiger partial charge in [0.05, 0.1) is 25.5 Å². The van der Waals surface area contributed by atoms with E-state index in [9.17, 15) is 23.6 Å². The van der Waals surface area contributed by atoms with Crippen LogP contribution in [0.3, 0.4) is 0 Å². The van der Waals surface area contributed by atoms with E-state index in [0.29, 0.717) is 17.0 Å². The lowest BCUT2D eigenvalue weighted by Crippen LogP contribution is -2.53. The second kappa shape index (κ2) is 7.38. The highest BCUT2D eigenvalue weighted by Gasteiger charge is 2.70. The molecule has 3 aliphatic rings. The Balaban J connectivity index is 1.57. The maximum atomic E-state index is 14.2. The number of fused-ring (bicyclic) bond motifs is 4. The Kier molecular flexibility index (Phi) is 4.71. The monoisotopic (exact) mass is 452 g/mol. The van der Waals surface area contributed by atoms with Crippen molar-refractivity contribution in [3.63, 3.8) is 0 Å². The van der Waals surface area contributed by atoms with E-state index in [1.807, 2.05) is 0 Å². The van der Waals surface area contributed by atoms with Crippen LogP contribution in [0, 0.1) is 17.7 Å². The summed E-state index contributed by atoms with van der Waals surface area (Å²) >= 11 is 0. The molecule has 0 bridgehead atoms. The predicted molar refractivity (Wildman–Crippen MR) is 113 cm³/mol. The Hall–Kier alpha value is -3.79. The van der Waals surface area contributed by atoms with Crippen molar-refractivity contribution in [2.75, 3.05) is 12.4 Å². The van der Waals surface area contributed by atoms with Crippen LogP contribution in [-0.4, -0.2) is 41.7 Å². The first-order valence-electron chi connectivity index (χ1n) is 10.4. The molecule has 0 unspecified atom stereocenters. The number of nitrogens with one attached hydrogen (secondary N) is 2. The van der Waals surface area contributed by atoms with Gasteiger partial charge in [0, 0.05) is 23.7 Å². The van der Waals surface area contributed by atoms with Crippen LogP contribution >= 0.6 is 0 Å². The average Bonchev–Trinajstić information content (AvgIpc) is 3.34. The molecule has 3 heterocycles. The molecule has 2 fully saturated rings. The van der Waals surface area contributed by atoms with Crippen LogP contribution in [0.2, 0.25) is 0 Å². The van der Waals surface area contributed by atoms with Crippen LogP contribution in [0.1, 0.15) is 17.5 Å². The summed E-state index contributed by atoms with van der Waals surface area (Å²) in [6.45, 7) is -0.00827. The molecule has 3 aliphatic heterocycles. The maximum Gasteiger partial charge on any atom is 0.250 e. The van der Waals surface area contributed by atoms with E-state index >= 15 is 0 Å². The standard InChI is InChI=1S/C23H21FN4O5/c1-33-13-5-2-11(3-6-13)10-28-20(30)18-16(9-17(25)29)27-23(19(18)21(28)31)14-8-12(24)4-7-15(14)26-22(23)32/h2-8,16,18-19,27H,9-10H2,1H3,(H2,25,29)(H,26,32)/t16-,18+,19-,23-/m0/s1. The number of imide groups is 1. The van der Waals surface area contributed by atoms with Gasteiger partial charge in [-0.15, -0.1) is 0 Å². The van der Waals surface area contributed by atoms with Crippen molar-refractivity contribution in [1.29, 1.82) is 0 Å². The summed E-state index contributed by atoms with van der Waals surface area (Å²) in [5.74, 6) is -4.43. The van der Waals surface area contributed by atoms with Gasteiger partial charge in [-0.25, -0.2) is 4.39 Å². The van der Waals surface area contributed by atoms with Crippen molar-refractivity contribution in [3.05, 3.63) is 59.4 Å². The van der Waals surface area contributed by atoms with E-state index in [1.165, 1.54) is 25.3 Å². The number of carbonyl (C=O) groups is 4. The summed E-state index contributed by atoms with van der Waals surface area (Å²) in [6.07, 6.45) is -0.254. The quantitative estimate of drug-likeness (QED) is 0.571. The molecular formula is C23H21FN4O5. The summed E-state index contributed by atoms with van der Waals surface area (Å²) in [6, 6.07) is 9.81. The van der Waals surface area contributed by atoms with Crippen molar-refractivity contribution in [2.45, 2.75) is 24.5 Å². The van der Waals surface area contributed by atoms with Crippen LogP contribution in [0.25, 0.3) is 0 Å². The number of nitrogens with zero attached hydrogens (tertiary/aromatic N) is 1. The number of rotatable bonds is 5. The molecule has 9 nitrogen and oxygen atoms in total. The van der Waals surface area contributed by atoms with E-state index in [1.54, 1.807) is 24.3 Å². The molecule has 0 saturated carbocycles. The second-order valence-corrected chi connectivity index (χ2v) is 8.49. The number of amides is 4. The van der Waals surface area contributed by atoms with Gasteiger partial charge < -0.3 is 15.8 Å². The normalized spacial score (nSPS) is 27.6. The number of benzene rings is 2. The highest BCUT2D eigenvalue weighted by molar-refractivity contribution is 6.15. The van der Waals surface area contributed by atoms with Crippen molar-refractivity contribution >= 4 is 29.3 Å². The third-order valence-electron chi connectivity index (χ3n) is 6.69. The Morgan fingerprint density at radius 2 is 1.88 bits per heavy atom. The zero-order chi connectivity index (χ0) is 23.5. The predicted octanol–water partition coefficient (Wildman–Crippen LogP) is 0.630. The fraction of sp³-hybridized carbons (Fsp3) is 0.304. The number of nitrogens with two attached hydrogens (primary N) is 1. The molecule has 4 N–H and O–H groups in total.